The Morgan fingerprint density at radius 3 is 2.24 bits per heavy atom. The third-order valence-electron chi connectivity index (χ3n) is 4.08. The van der Waals surface area contributed by atoms with Crippen LogP contribution in [0.4, 0.5) is 11.4 Å². The second-order valence-electron chi connectivity index (χ2n) is 5.62. The Morgan fingerprint density at radius 2 is 1.76 bits per heavy atom. The molecule has 0 spiro atoms. The molecule has 0 amide bonds. The Hall–Kier alpha value is -2.17. The largest absolute Gasteiger partial charge is 0.369 e. The molecule has 1 saturated heterocycles. The number of sulfonamides is 1. The van der Waals surface area contributed by atoms with Crippen LogP contribution in [0.2, 0.25) is 5.15 Å². The van der Waals surface area contributed by atoms with Gasteiger partial charge in [-0.25, -0.2) is 13.4 Å². The number of nitrogens with zero attached hydrogens (tertiary/aromatic N) is 5. The smallest absolute Gasteiger partial charge is 0.269 e. The fourth-order valence-corrected chi connectivity index (χ4v) is 4.47. The molecular weight excluding hydrogens is 370 g/mol. The highest BCUT2D eigenvalue weighted by Crippen LogP contribution is 2.25. The molecule has 11 heteroatoms. The summed E-state index contributed by atoms with van der Waals surface area (Å²) in [5.74, 6) is 0. The van der Waals surface area contributed by atoms with E-state index >= 15 is 0 Å². The molecule has 1 aromatic heterocycles. The van der Waals surface area contributed by atoms with Gasteiger partial charge in [0.15, 0.2) is 0 Å². The van der Waals surface area contributed by atoms with Gasteiger partial charge in [-0.15, -0.1) is 0 Å². The molecule has 0 saturated carbocycles. The number of non-ortho nitro benzene ring substituents is 1. The second kappa shape index (κ2) is 6.62. The van der Waals surface area contributed by atoms with Gasteiger partial charge >= 0.3 is 0 Å². The molecule has 1 aromatic carbocycles. The van der Waals surface area contributed by atoms with E-state index in [1.165, 1.54) is 27.3 Å². The maximum absolute atomic E-state index is 12.7. The molecule has 0 radical (unpaired) electrons. The van der Waals surface area contributed by atoms with E-state index < -0.39 is 14.9 Å². The fourth-order valence-electron chi connectivity index (χ4n) is 2.66. The van der Waals surface area contributed by atoms with Crippen molar-refractivity contribution in [1.82, 2.24) is 13.9 Å². The number of benzene rings is 1. The lowest BCUT2D eigenvalue weighted by Gasteiger charge is -2.35. The first-order valence-electron chi connectivity index (χ1n) is 7.47. The molecule has 0 unspecified atom stereocenters. The fraction of sp³-hybridized carbons (Fsp3) is 0.357. The van der Waals surface area contributed by atoms with Crippen molar-refractivity contribution in [2.24, 2.45) is 7.05 Å². The summed E-state index contributed by atoms with van der Waals surface area (Å²) in [4.78, 5) is 16.1. The number of hydrogen-bond acceptors (Lipinski definition) is 6. The van der Waals surface area contributed by atoms with Crippen LogP contribution in [0.3, 0.4) is 0 Å². The van der Waals surface area contributed by atoms with Gasteiger partial charge in [0.05, 0.1) is 11.3 Å². The quantitative estimate of drug-likeness (QED) is 0.583. The van der Waals surface area contributed by atoms with Gasteiger partial charge in [-0.3, -0.25) is 10.1 Å². The van der Waals surface area contributed by atoms with Crippen molar-refractivity contribution >= 4 is 33.0 Å². The van der Waals surface area contributed by atoms with Crippen molar-refractivity contribution in [3.8, 4) is 0 Å². The van der Waals surface area contributed by atoms with Crippen LogP contribution in [0, 0.1) is 10.1 Å². The monoisotopic (exact) mass is 385 g/mol. The first-order chi connectivity index (χ1) is 11.8. The molecule has 9 nitrogen and oxygen atoms in total. The number of nitro groups is 1. The van der Waals surface area contributed by atoms with Crippen molar-refractivity contribution < 1.29 is 13.3 Å². The molecule has 1 fully saturated rings. The highest BCUT2D eigenvalue weighted by atomic mass is 35.5. The molecule has 2 heterocycles. The highest BCUT2D eigenvalue weighted by molar-refractivity contribution is 7.89. The van der Waals surface area contributed by atoms with Gasteiger partial charge in [-0.05, 0) is 12.1 Å². The van der Waals surface area contributed by atoms with Crippen LogP contribution >= 0.6 is 11.6 Å². The van der Waals surface area contributed by atoms with Gasteiger partial charge in [-0.2, -0.15) is 4.31 Å². The third-order valence-corrected chi connectivity index (χ3v) is 6.47. The SMILES string of the molecule is Cn1cnc(S(=O)(=O)N2CCN(c3ccc([N+](=O)[O-])cc3)CC2)c1Cl. The lowest BCUT2D eigenvalue weighted by atomic mass is 10.2. The molecule has 0 N–H and O–H groups in total. The van der Waals surface area contributed by atoms with E-state index in [0.717, 1.165) is 5.69 Å². The molecule has 0 atom stereocenters. The van der Waals surface area contributed by atoms with Gasteiger partial charge in [0.2, 0.25) is 5.03 Å². The molecular formula is C14H16ClN5O4S. The van der Waals surface area contributed by atoms with E-state index in [9.17, 15) is 18.5 Å². The third kappa shape index (κ3) is 3.32. The van der Waals surface area contributed by atoms with E-state index in [-0.39, 0.29) is 29.0 Å². The Bertz CT molecular complexity index is 888. The molecule has 2 aromatic rings. The summed E-state index contributed by atoms with van der Waals surface area (Å²) in [6.45, 7) is 1.52. The molecule has 0 aliphatic carbocycles. The van der Waals surface area contributed by atoms with Crippen LogP contribution in [0.5, 0.6) is 0 Å². The minimum absolute atomic E-state index is 0.0229. The van der Waals surface area contributed by atoms with E-state index in [4.69, 9.17) is 11.6 Å². The van der Waals surface area contributed by atoms with Crippen molar-refractivity contribution in [3.05, 3.63) is 45.9 Å². The molecule has 1 aliphatic heterocycles. The predicted octanol–water partition coefficient (Wildman–Crippen LogP) is 1.49. The summed E-state index contributed by atoms with van der Waals surface area (Å²) in [7, 11) is -2.12. The van der Waals surface area contributed by atoms with E-state index in [0.29, 0.717) is 13.1 Å². The Labute approximate surface area is 149 Å². The summed E-state index contributed by atoms with van der Waals surface area (Å²) in [5, 5.41) is 10.6. The first-order valence-corrected chi connectivity index (χ1v) is 9.29. The zero-order chi connectivity index (χ0) is 18.2. The molecule has 3 rings (SSSR count). The standard InChI is InChI=1S/C14H16ClN5O4S/c1-17-10-16-14(13(17)15)25(23,24)19-8-6-18(7-9-19)11-2-4-12(5-3-11)20(21)22/h2-5,10H,6-9H2,1H3. The number of aryl methyl sites for hydroxylation is 1. The molecule has 134 valence electrons. The highest BCUT2D eigenvalue weighted by Gasteiger charge is 2.32. The zero-order valence-electron chi connectivity index (χ0n) is 13.4. The second-order valence-corrected chi connectivity index (χ2v) is 7.83. The molecule has 1 aliphatic rings. The van der Waals surface area contributed by atoms with Gasteiger partial charge in [0, 0.05) is 51.0 Å². The number of rotatable bonds is 4. The van der Waals surface area contributed by atoms with Gasteiger partial charge in [-0.1, -0.05) is 11.6 Å². The van der Waals surface area contributed by atoms with Crippen LogP contribution in [-0.4, -0.2) is 53.4 Å². The minimum atomic E-state index is -3.74. The Balaban J connectivity index is 1.71. The first kappa shape index (κ1) is 17.6. The van der Waals surface area contributed by atoms with Crippen molar-refractivity contribution in [2.75, 3.05) is 31.1 Å². The number of anilines is 1. The van der Waals surface area contributed by atoms with Gasteiger partial charge in [0.25, 0.3) is 15.7 Å². The number of hydrogen-bond donors (Lipinski definition) is 0. The topological polar surface area (TPSA) is 102 Å². The number of aromatic nitrogens is 2. The minimum Gasteiger partial charge on any atom is -0.369 e. The zero-order valence-corrected chi connectivity index (χ0v) is 14.9. The summed E-state index contributed by atoms with van der Waals surface area (Å²) < 4.78 is 28.1. The van der Waals surface area contributed by atoms with E-state index in [2.05, 4.69) is 4.98 Å². The number of nitro benzene ring substituents is 1. The summed E-state index contributed by atoms with van der Waals surface area (Å²) in [5.41, 5.74) is 0.841. The summed E-state index contributed by atoms with van der Waals surface area (Å²) in [6.07, 6.45) is 1.36. The predicted molar refractivity (Wildman–Crippen MR) is 92.3 cm³/mol. The molecule has 25 heavy (non-hydrogen) atoms. The van der Waals surface area contributed by atoms with Crippen LogP contribution in [0.15, 0.2) is 35.6 Å². The lowest BCUT2D eigenvalue weighted by molar-refractivity contribution is -0.384. The number of piperazine rings is 1. The van der Waals surface area contributed by atoms with Crippen LogP contribution < -0.4 is 4.90 Å². The number of halogens is 1. The van der Waals surface area contributed by atoms with E-state index in [1.54, 1.807) is 19.2 Å². The van der Waals surface area contributed by atoms with Crippen LogP contribution in [0.25, 0.3) is 0 Å². The maximum Gasteiger partial charge on any atom is 0.269 e. The normalized spacial score (nSPS) is 16.2. The van der Waals surface area contributed by atoms with Gasteiger partial charge < -0.3 is 9.47 Å². The van der Waals surface area contributed by atoms with E-state index in [1.807, 2.05) is 4.90 Å². The van der Waals surface area contributed by atoms with Crippen LogP contribution in [-0.2, 0) is 17.1 Å². The Morgan fingerprint density at radius 1 is 1.16 bits per heavy atom. The summed E-state index contributed by atoms with van der Waals surface area (Å²) >= 11 is 6.01. The van der Waals surface area contributed by atoms with Gasteiger partial charge in [0.1, 0.15) is 5.15 Å². The van der Waals surface area contributed by atoms with Crippen LogP contribution in [0.1, 0.15) is 0 Å². The Kier molecular flexibility index (Phi) is 4.67. The van der Waals surface area contributed by atoms with Crippen molar-refractivity contribution in [2.45, 2.75) is 5.03 Å². The average molecular weight is 386 g/mol. The average Bonchev–Trinajstić information content (AvgIpc) is 2.95. The molecule has 0 bridgehead atoms. The van der Waals surface area contributed by atoms with Crippen molar-refractivity contribution in [3.63, 3.8) is 0 Å². The summed E-state index contributed by atoms with van der Waals surface area (Å²) in [6, 6.07) is 6.20. The number of imidazole rings is 1. The lowest BCUT2D eigenvalue weighted by Crippen LogP contribution is -2.48. The van der Waals surface area contributed by atoms with Crippen molar-refractivity contribution in [1.29, 1.82) is 0 Å². The maximum atomic E-state index is 12.7.